The Morgan fingerprint density at radius 2 is 1.96 bits per heavy atom. The number of carbonyl (C=O) groups excluding carboxylic acids is 1. The highest BCUT2D eigenvalue weighted by molar-refractivity contribution is 6.01. The molecule has 0 aromatic heterocycles. The van der Waals surface area contributed by atoms with E-state index in [0.29, 0.717) is 6.42 Å². The first-order valence-corrected chi connectivity index (χ1v) is 9.53. The van der Waals surface area contributed by atoms with E-state index in [1.54, 1.807) is 0 Å². The summed E-state index contributed by atoms with van der Waals surface area (Å²) in [6.07, 6.45) is 7.77. The van der Waals surface area contributed by atoms with E-state index >= 15 is 0 Å². The van der Waals surface area contributed by atoms with E-state index in [1.165, 1.54) is 6.42 Å². The minimum Gasteiger partial charge on any atom is -0.343 e. The maximum absolute atomic E-state index is 13.4. The van der Waals surface area contributed by atoms with Crippen LogP contribution in [0.4, 0.5) is 0 Å². The number of hydrogen-bond donors (Lipinski definition) is 1. The molecule has 0 radical (unpaired) electrons. The second-order valence-electron chi connectivity index (χ2n) is 7.86. The lowest BCUT2D eigenvalue weighted by molar-refractivity contribution is -0.121. The second-order valence-corrected chi connectivity index (χ2v) is 7.86. The number of nitrogens with one attached hydrogen (secondary N) is 1. The molecule has 1 aromatic carbocycles. The Balaban J connectivity index is 1.98. The van der Waals surface area contributed by atoms with Gasteiger partial charge < -0.3 is 5.32 Å². The van der Waals surface area contributed by atoms with Gasteiger partial charge in [-0.05, 0) is 43.4 Å². The van der Waals surface area contributed by atoms with Gasteiger partial charge >= 0.3 is 0 Å². The van der Waals surface area contributed by atoms with Crippen molar-refractivity contribution in [1.82, 2.24) is 5.32 Å². The molecule has 1 spiro atoms. The first-order valence-electron chi connectivity index (χ1n) is 9.53. The van der Waals surface area contributed by atoms with Crippen LogP contribution in [0.1, 0.15) is 51.0 Å². The molecule has 26 heavy (non-hydrogen) atoms. The molecule has 134 valence electrons. The third-order valence-corrected chi connectivity index (χ3v) is 6.65. The van der Waals surface area contributed by atoms with Gasteiger partial charge in [-0.25, -0.2) is 4.99 Å². The van der Waals surface area contributed by atoms with Gasteiger partial charge in [0.15, 0.2) is 5.78 Å². The third kappa shape index (κ3) is 2.19. The number of ketones is 1. The van der Waals surface area contributed by atoms with E-state index in [9.17, 15) is 4.79 Å². The summed E-state index contributed by atoms with van der Waals surface area (Å²) in [5.74, 6) is 1.03. The molecule has 1 N–H and O–H groups in total. The molecule has 2 aliphatic carbocycles. The Labute approximate surface area is 155 Å². The van der Waals surface area contributed by atoms with Gasteiger partial charge in [-0.15, -0.1) is 0 Å². The molecule has 1 atom stereocenters. The molecule has 3 heteroatoms. The van der Waals surface area contributed by atoms with Crippen molar-refractivity contribution in [2.45, 2.75) is 50.9 Å². The van der Waals surface area contributed by atoms with Crippen LogP contribution in [0.5, 0.6) is 0 Å². The van der Waals surface area contributed by atoms with Crippen LogP contribution in [0.2, 0.25) is 0 Å². The second kappa shape index (κ2) is 6.08. The molecular weight excluding hydrogens is 320 g/mol. The number of dihydropyridines is 1. The normalized spacial score (nSPS) is 26.9. The molecular formula is C23H26N2O. The van der Waals surface area contributed by atoms with Gasteiger partial charge in [0.05, 0.1) is 5.41 Å². The Kier molecular flexibility index (Phi) is 3.98. The lowest BCUT2D eigenvalue weighted by atomic mass is 9.54. The van der Waals surface area contributed by atoms with Crippen LogP contribution < -0.4 is 5.32 Å². The smallest absolute Gasteiger partial charge is 0.162 e. The molecule has 1 aromatic rings. The highest BCUT2D eigenvalue weighted by atomic mass is 16.1. The first kappa shape index (κ1) is 17.0. The summed E-state index contributed by atoms with van der Waals surface area (Å²) in [6, 6.07) is 10.3. The van der Waals surface area contributed by atoms with Crippen molar-refractivity contribution in [2.75, 3.05) is 0 Å². The predicted molar refractivity (Wildman–Crippen MR) is 106 cm³/mol. The zero-order chi connectivity index (χ0) is 18.4. The summed E-state index contributed by atoms with van der Waals surface area (Å²) in [5.41, 5.74) is 3.73. The summed E-state index contributed by atoms with van der Waals surface area (Å²) in [6.45, 7) is 9.97. The van der Waals surface area contributed by atoms with Crippen molar-refractivity contribution in [2.24, 2.45) is 10.4 Å². The zero-order valence-electron chi connectivity index (χ0n) is 15.5. The van der Waals surface area contributed by atoms with Crippen LogP contribution in [-0.4, -0.2) is 12.5 Å². The van der Waals surface area contributed by atoms with Crippen molar-refractivity contribution >= 4 is 12.5 Å². The highest BCUT2D eigenvalue weighted by Crippen LogP contribution is 2.57. The molecule has 3 nitrogen and oxygen atoms in total. The number of rotatable bonds is 4. The van der Waals surface area contributed by atoms with Crippen molar-refractivity contribution in [3.8, 4) is 0 Å². The van der Waals surface area contributed by atoms with Crippen molar-refractivity contribution in [3.05, 3.63) is 71.2 Å². The van der Waals surface area contributed by atoms with E-state index in [2.05, 4.69) is 42.7 Å². The monoisotopic (exact) mass is 346 g/mol. The lowest BCUT2D eigenvalue weighted by Crippen LogP contribution is -2.48. The quantitative estimate of drug-likeness (QED) is 0.794. The fourth-order valence-corrected chi connectivity index (χ4v) is 5.29. The maximum Gasteiger partial charge on any atom is 0.162 e. The fourth-order valence-electron chi connectivity index (χ4n) is 5.29. The van der Waals surface area contributed by atoms with Crippen LogP contribution in [-0.2, 0) is 10.2 Å². The molecule has 4 rings (SSSR count). The molecule has 0 bridgehead atoms. The SMILES string of the molecule is C=CC1=C(N=C)NC2=C(C(=O)CC3(CCC3)C2)[C@@]1(CC)c1ccccc1. The first-order chi connectivity index (χ1) is 12.6. The number of benzene rings is 1. The van der Waals surface area contributed by atoms with E-state index in [0.717, 1.165) is 53.9 Å². The summed E-state index contributed by atoms with van der Waals surface area (Å²) >= 11 is 0. The van der Waals surface area contributed by atoms with E-state index in [4.69, 9.17) is 0 Å². The van der Waals surface area contributed by atoms with Gasteiger partial charge in [-0.3, -0.25) is 4.79 Å². The van der Waals surface area contributed by atoms with Crippen molar-refractivity contribution in [1.29, 1.82) is 0 Å². The van der Waals surface area contributed by atoms with Crippen LogP contribution in [0.3, 0.4) is 0 Å². The third-order valence-electron chi connectivity index (χ3n) is 6.65. The molecule has 1 aliphatic heterocycles. The number of nitrogens with zero attached hydrogens (tertiary/aromatic N) is 1. The van der Waals surface area contributed by atoms with Crippen LogP contribution in [0.15, 0.2) is 70.6 Å². The van der Waals surface area contributed by atoms with Crippen molar-refractivity contribution < 1.29 is 4.79 Å². The fraction of sp³-hybridized carbons (Fsp3) is 0.391. The molecule has 0 amide bonds. The minimum atomic E-state index is -0.497. The van der Waals surface area contributed by atoms with Gasteiger partial charge in [0.2, 0.25) is 0 Å². The van der Waals surface area contributed by atoms with Gasteiger partial charge in [-0.2, -0.15) is 0 Å². The van der Waals surface area contributed by atoms with Crippen LogP contribution in [0, 0.1) is 5.41 Å². The summed E-state index contributed by atoms with van der Waals surface area (Å²) in [4.78, 5) is 17.7. The number of carbonyl (C=O) groups is 1. The molecule has 1 fully saturated rings. The van der Waals surface area contributed by atoms with Gasteiger partial charge in [0, 0.05) is 23.3 Å². The summed E-state index contributed by atoms with van der Waals surface area (Å²) in [5, 5.41) is 3.46. The summed E-state index contributed by atoms with van der Waals surface area (Å²) < 4.78 is 0. The zero-order valence-corrected chi connectivity index (χ0v) is 15.5. The molecule has 0 unspecified atom stereocenters. The summed E-state index contributed by atoms with van der Waals surface area (Å²) in [7, 11) is 0. The largest absolute Gasteiger partial charge is 0.343 e. The Bertz CT molecular complexity index is 842. The standard InChI is InChI=1S/C23H26N2O/c1-4-17-21(24-3)25-18-14-22(12-9-13-22)15-19(26)20(18)23(17,5-2)16-10-7-6-8-11-16/h4,6-8,10-11,25H,1,3,5,9,12-15H2,2H3/t23-/m0/s1. The molecule has 3 aliphatic rings. The van der Waals surface area contributed by atoms with Crippen LogP contribution >= 0.6 is 0 Å². The highest BCUT2D eigenvalue weighted by Gasteiger charge is 2.52. The van der Waals surface area contributed by atoms with E-state index < -0.39 is 5.41 Å². The van der Waals surface area contributed by atoms with E-state index in [1.807, 2.05) is 24.3 Å². The topological polar surface area (TPSA) is 41.5 Å². The number of allylic oxidation sites excluding steroid dienone is 4. The Morgan fingerprint density at radius 3 is 2.50 bits per heavy atom. The van der Waals surface area contributed by atoms with Crippen LogP contribution in [0.25, 0.3) is 0 Å². The average Bonchev–Trinajstić information content (AvgIpc) is 2.65. The number of aliphatic imine (C=N–C) groups is 1. The number of hydrogen-bond acceptors (Lipinski definition) is 3. The van der Waals surface area contributed by atoms with Gasteiger partial charge in [0.25, 0.3) is 0 Å². The Hall–Kier alpha value is -2.42. The van der Waals surface area contributed by atoms with Crippen molar-refractivity contribution in [3.63, 3.8) is 0 Å². The lowest BCUT2D eigenvalue weighted by Gasteiger charge is -2.51. The minimum absolute atomic E-state index is 0.164. The van der Waals surface area contributed by atoms with Gasteiger partial charge in [-0.1, -0.05) is 56.3 Å². The average molecular weight is 346 g/mol. The Morgan fingerprint density at radius 1 is 1.23 bits per heavy atom. The van der Waals surface area contributed by atoms with Gasteiger partial charge in [0.1, 0.15) is 5.82 Å². The van der Waals surface area contributed by atoms with E-state index in [-0.39, 0.29) is 11.2 Å². The predicted octanol–water partition coefficient (Wildman–Crippen LogP) is 4.82. The molecule has 1 heterocycles. The number of Topliss-reactive ketones (excluding diaryl/α,β-unsaturated/α-hetero) is 1. The maximum atomic E-state index is 13.4. The molecule has 0 saturated heterocycles. The molecule has 1 saturated carbocycles.